The van der Waals surface area contributed by atoms with Crippen molar-refractivity contribution in [2.45, 2.75) is 32.5 Å². The van der Waals surface area contributed by atoms with E-state index in [9.17, 15) is 9.59 Å². The lowest BCUT2D eigenvalue weighted by atomic mass is 10.1. The van der Waals surface area contributed by atoms with Crippen molar-refractivity contribution in [3.05, 3.63) is 89.5 Å². The van der Waals surface area contributed by atoms with E-state index in [-0.39, 0.29) is 5.91 Å². The summed E-state index contributed by atoms with van der Waals surface area (Å²) in [7, 11) is 3.21. The summed E-state index contributed by atoms with van der Waals surface area (Å²) in [6.45, 7) is 11.3. The van der Waals surface area contributed by atoms with Gasteiger partial charge in [0.05, 0.1) is 6.61 Å². The Hall–Kier alpha value is -3.82. The molecule has 0 aliphatic carbocycles. The van der Waals surface area contributed by atoms with E-state index in [4.69, 9.17) is 4.74 Å². The molecule has 0 saturated heterocycles. The van der Waals surface area contributed by atoms with Gasteiger partial charge in [-0.25, -0.2) is 0 Å². The van der Waals surface area contributed by atoms with Crippen LogP contribution in [0.1, 0.15) is 42.0 Å². The highest BCUT2D eigenvalue weighted by Gasteiger charge is 2.23. The number of allylic oxidation sites excluding steroid dienone is 1. The van der Waals surface area contributed by atoms with Gasteiger partial charge in [0, 0.05) is 37.5 Å². The van der Waals surface area contributed by atoms with Crippen LogP contribution < -0.4 is 10.6 Å². The zero-order valence-electron chi connectivity index (χ0n) is 20.2. The van der Waals surface area contributed by atoms with E-state index < -0.39 is 6.17 Å². The van der Waals surface area contributed by atoms with Gasteiger partial charge >= 0.3 is 0 Å². The smallest absolute Gasteiger partial charge is 0.263 e. The number of ether oxygens (including phenoxy) is 1. The van der Waals surface area contributed by atoms with Crippen molar-refractivity contribution in [2.24, 2.45) is 0 Å². The molecule has 6 heteroatoms. The van der Waals surface area contributed by atoms with E-state index in [0.29, 0.717) is 18.7 Å². The molecular weight excluding hydrogens is 426 g/mol. The van der Waals surface area contributed by atoms with Crippen molar-refractivity contribution >= 4 is 18.0 Å². The van der Waals surface area contributed by atoms with E-state index in [2.05, 4.69) is 35.6 Å². The molecule has 2 rings (SSSR count). The number of carbonyl (C=O) groups is 2. The fourth-order valence-electron chi connectivity index (χ4n) is 3.16. The van der Waals surface area contributed by atoms with Crippen LogP contribution in [-0.4, -0.2) is 44.1 Å². The van der Waals surface area contributed by atoms with E-state index in [1.54, 1.807) is 11.9 Å². The SMILES string of the molecule is C=C(C)CCCOCc1ccc(C#Cc2ccc(C(=C)N(C)C(NC=O)C(=O)NC)cc2)cc1. The van der Waals surface area contributed by atoms with Crippen LogP contribution in [0.4, 0.5) is 0 Å². The fraction of sp³-hybridized carbons (Fsp3) is 0.286. The molecule has 1 atom stereocenters. The Bertz CT molecular complexity index is 1050. The molecule has 0 heterocycles. The number of nitrogens with zero attached hydrogens (tertiary/aromatic N) is 1. The largest absolute Gasteiger partial charge is 0.377 e. The second-order valence-corrected chi connectivity index (χ2v) is 8.00. The van der Waals surface area contributed by atoms with Crippen molar-refractivity contribution in [3.63, 3.8) is 0 Å². The third kappa shape index (κ3) is 8.27. The molecule has 34 heavy (non-hydrogen) atoms. The van der Waals surface area contributed by atoms with E-state index in [1.165, 1.54) is 12.6 Å². The lowest BCUT2D eigenvalue weighted by Crippen LogP contribution is -2.51. The maximum absolute atomic E-state index is 12.0. The van der Waals surface area contributed by atoms with Crippen LogP contribution in [0.25, 0.3) is 5.70 Å². The molecule has 0 aliphatic heterocycles. The number of hydrogen-bond donors (Lipinski definition) is 2. The topological polar surface area (TPSA) is 70.7 Å². The van der Waals surface area contributed by atoms with Gasteiger partial charge in [0.2, 0.25) is 6.41 Å². The second-order valence-electron chi connectivity index (χ2n) is 8.00. The van der Waals surface area contributed by atoms with Gasteiger partial charge in [-0.15, -0.1) is 6.58 Å². The maximum Gasteiger partial charge on any atom is 0.263 e. The van der Waals surface area contributed by atoms with E-state index in [0.717, 1.165) is 41.7 Å². The van der Waals surface area contributed by atoms with Crippen molar-refractivity contribution in [1.82, 2.24) is 15.5 Å². The summed E-state index contributed by atoms with van der Waals surface area (Å²) in [5.41, 5.74) is 5.50. The first-order valence-electron chi connectivity index (χ1n) is 11.1. The molecular formula is C28H33N3O3. The molecule has 6 nitrogen and oxygen atoms in total. The van der Waals surface area contributed by atoms with Gasteiger partial charge in [-0.05, 0) is 55.2 Å². The molecule has 2 amide bonds. The summed E-state index contributed by atoms with van der Waals surface area (Å²) in [5.74, 6) is 6.00. The van der Waals surface area contributed by atoms with Crippen LogP contribution in [0.2, 0.25) is 0 Å². The predicted molar refractivity (Wildman–Crippen MR) is 136 cm³/mol. The van der Waals surface area contributed by atoms with E-state index >= 15 is 0 Å². The second kappa shape index (κ2) is 13.7. The van der Waals surface area contributed by atoms with Crippen LogP contribution in [0, 0.1) is 11.8 Å². The minimum Gasteiger partial charge on any atom is -0.377 e. The number of hydrogen-bond acceptors (Lipinski definition) is 4. The minimum absolute atomic E-state index is 0.335. The number of nitrogens with one attached hydrogen (secondary N) is 2. The third-order valence-electron chi connectivity index (χ3n) is 5.22. The average Bonchev–Trinajstić information content (AvgIpc) is 2.85. The Kier molecular flexibility index (Phi) is 10.6. The third-order valence-corrected chi connectivity index (χ3v) is 5.22. The van der Waals surface area contributed by atoms with Crippen LogP contribution in [-0.2, 0) is 20.9 Å². The first-order valence-corrected chi connectivity index (χ1v) is 11.1. The van der Waals surface area contributed by atoms with Gasteiger partial charge in [0.1, 0.15) is 0 Å². The number of amides is 2. The fourth-order valence-corrected chi connectivity index (χ4v) is 3.16. The Morgan fingerprint density at radius 1 is 1.09 bits per heavy atom. The lowest BCUT2D eigenvalue weighted by Gasteiger charge is -2.29. The van der Waals surface area contributed by atoms with Gasteiger partial charge in [0.25, 0.3) is 5.91 Å². The predicted octanol–water partition coefficient (Wildman–Crippen LogP) is 3.68. The Morgan fingerprint density at radius 2 is 1.68 bits per heavy atom. The highest BCUT2D eigenvalue weighted by atomic mass is 16.5. The molecule has 0 bridgehead atoms. The molecule has 2 aromatic rings. The quantitative estimate of drug-likeness (QED) is 0.167. The zero-order valence-corrected chi connectivity index (χ0v) is 20.2. The van der Waals surface area contributed by atoms with Crippen molar-refractivity contribution in [1.29, 1.82) is 0 Å². The van der Waals surface area contributed by atoms with Crippen LogP contribution >= 0.6 is 0 Å². The molecule has 0 radical (unpaired) electrons. The van der Waals surface area contributed by atoms with E-state index in [1.807, 2.05) is 55.5 Å². The lowest BCUT2D eigenvalue weighted by molar-refractivity contribution is -0.128. The summed E-state index contributed by atoms with van der Waals surface area (Å²) < 4.78 is 5.70. The van der Waals surface area contributed by atoms with Gasteiger partial charge < -0.3 is 20.3 Å². The van der Waals surface area contributed by atoms with Crippen molar-refractivity contribution in [3.8, 4) is 11.8 Å². The molecule has 0 aliphatic rings. The van der Waals surface area contributed by atoms with Gasteiger partial charge in [0.15, 0.2) is 6.17 Å². The zero-order chi connectivity index (χ0) is 24.9. The standard InChI is InChI=1S/C28H33N3O3/c1-21(2)7-6-18-34-19-25-12-10-23(11-13-25)8-9-24-14-16-26(17-15-24)22(3)31(5)27(30-20-32)28(33)29-4/h10-17,20,27H,1,3,6-7,18-19H2,2,4-5H3,(H,29,33)(H,30,32). The summed E-state index contributed by atoms with van der Waals surface area (Å²) in [6, 6.07) is 15.6. The first kappa shape index (κ1) is 26.4. The maximum atomic E-state index is 12.0. The van der Waals surface area contributed by atoms with Crippen LogP contribution in [0.15, 0.2) is 67.3 Å². The number of carbonyl (C=O) groups excluding carboxylic acids is 2. The number of rotatable bonds is 12. The van der Waals surface area contributed by atoms with Gasteiger partial charge in [-0.1, -0.05) is 48.3 Å². The van der Waals surface area contributed by atoms with Crippen molar-refractivity contribution < 1.29 is 14.3 Å². The molecule has 0 fully saturated rings. The molecule has 0 saturated carbocycles. The van der Waals surface area contributed by atoms with Gasteiger partial charge in [-0.3, -0.25) is 9.59 Å². The summed E-state index contributed by atoms with van der Waals surface area (Å²) in [5, 5.41) is 5.03. The first-order chi connectivity index (χ1) is 16.3. The van der Waals surface area contributed by atoms with Gasteiger partial charge in [-0.2, -0.15) is 0 Å². The number of likely N-dealkylation sites (N-methyl/N-ethyl adjacent to an activating group) is 2. The Balaban J connectivity index is 1.95. The molecule has 0 aromatic heterocycles. The minimum atomic E-state index is -0.848. The van der Waals surface area contributed by atoms with Crippen LogP contribution in [0.5, 0.6) is 0 Å². The van der Waals surface area contributed by atoms with Crippen molar-refractivity contribution in [2.75, 3.05) is 20.7 Å². The molecule has 178 valence electrons. The number of benzene rings is 2. The summed E-state index contributed by atoms with van der Waals surface area (Å²) in [6.07, 6.45) is 1.63. The molecule has 2 N–H and O–H groups in total. The average molecular weight is 460 g/mol. The normalized spacial score (nSPS) is 10.9. The monoisotopic (exact) mass is 459 g/mol. The Labute approximate surface area is 202 Å². The molecule has 1 unspecified atom stereocenters. The Morgan fingerprint density at radius 3 is 2.21 bits per heavy atom. The highest BCUT2D eigenvalue weighted by molar-refractivity contribution is 5.84. The molecule has 2 aromatic carbocycles. The summed E-state index contributed by atoms with van der Waals surface area (Å²) >= 11 is 0. The summed E-state index contributed by atoms with van der Waals surface area (Å²) in [4.78, 5) is 24.5. The highest BCUT2D eigenvalue weighted by Crippen LogP contribution is 2.18. The molecule has 0 spiro atoms. The van der Waals surface area contributed by atoms with Crippen LogP contribution in [0.3, 0.4) is 0 Å².